The number of nitrogens with zero attached hydrogens (tertiary/aromatic N) is 2. The van der Waals surface area contributed by atoms with Gasteiger partial charge in [0, 0.05) is 13.1 Å². The normalized spacial score (nSPS) is 9.09. The number of aromatic nitrogens is 2. The molecule has 0 aliphatic heterocycles. The Morgan fingerprint density at radius 2 is 2.55 bits per heavy atom. The fraction of sp³-hybridized carbons (Fsp3) is 0.143. The number of terminal acetylenes is 1. The van der Waals surface area contributed by atoms with Crippen molar-refractivity contribution >= 4 is 11.6 Å². The van der Waals surface area contributed by atoms with Gasteiger partial charge in [-0.05, 0) is 5.92 Å². The number of Topliss-reactive ketones (excluding diaryl/α,β-unsaturated/α-hetero) is 1. The van der Waals surface area contributed by atoms with Gasteiger partial charge in [0.15, 0.2) is 0 Å². The molecule has 4 heteroatoms. The van der Waals surface area contributed by atoms with E-state index in [2.05, 4.69) is 5.10 Å². The highest BCUT2D eigenvalue weighted by Crippen LogP contribution is 2.03. The van der Waals surface area contributed by atoms with Crippen molar-refractivity contribution in [3.8, 4) is 12.3 Å². The van der Waals surface area contributed by atoms with Crippen LogP contribution in [0, 0.1) is 12.3 Å². The molecule has 0 fully saturated rings. The number of nitrogens with two attached hydrogens (primary N) is 1. The lowest BCUT2D eigenvalue weighted by molar-refractivity contribution is 0.105. The van der Waals surface area contributed by atoms with Crippen molar-refractivity contribution in [2.45, 2.75) is 0 Å². The molecule has 1 aromatic heterocycles. The van der Waals surface area contributed by atoms with Gasteiger partial charge in [0.1, 0.15) is 11.5 Å². The average Bonchev–Trinajstić information content (AvgIpc) is 2.31. The van der Waals surface area contributed by atoms with Gasteiger partial charge in [0.25, 0.3) is 5.78 Å². The predicted molar refractivity (Wildman–Crippen MR) is 40.8 cm³/mol. The van der Waals surface area contributed by atoms with Gasteiger partial charge >= 0.3 is 0 Å². The van der Waals surface area contributed by atoms with E-state index >= 15 is 0 Å². The van der Waals surface area contributed by atoms with Crippen LogP contribution in [-0.2, 0) is 7.05 Å². The van der Waals surface area contributed by atoms with Crippen molar-refractivity contribution in [3.05, 3.63) is 11.8 Å². The lowest BCUT2D eigenvalue weighted by Crippen LogP contribution is -1.99. The highest BCUT2D eigenvalue weighted by molar-refractivity contribution is 6.07. The zero-order valence-electron chi connectivity index (χ0n) is 6.03. The molecule has 11 heavy (non-hydrogen) atoms. The smallest absolute Gasteiger partial charge is 0.255 e. The fourth-order valence-electron chi connectivity index (χ4n) is 0.667. The number of anilines is 1. The summed E-state index contributed by atoms with van der Waals surface area (Å²) in [6.45, 7) is 0. The van der Waals surface area contributed by atoms with E-state index in [4.69, 9.17) is 12.2 Å². The Kier molecular flexibility index (Phi) is 1.65. The van der Waals surface area contributed by atoms with Gasteiger partial charge < -0.3 is 5.73 Å². The second kappa shape index (κ2) is 2.46. The maximum absolute atomic E-state index is 10.8. The van der Waals surface area contributed by atoms with Crippen molar-refractivity contribution < 1.29 is 4.79 Å². The Morgan fingerprint density at radius 1 is 1.91 bits per heavy atom. The molecule has 2 N–H and O–H groups in total. The number of ketones is 1. The first-order valence-electron chi connectivity index (χ1n) is 2.95. The number of carbonyl (C=O) groups excluding carboxylic acids is 1. The van der Waals surface area contributed by atoms with E-state index in [1.807, 2.05) is 5.92 Å². The Morgan fingerprint density at radius 3 is 2.91 bits per heavy atom. The van der Waals surface area contributed by atoms with Crippen molar-refractivity contribution in [1.82, 2.24) is 9.78 Å². The van der Waals surface area contributed by atoms with E-state index in [0.29, 0.717) is 5.82 Å². The Hall–Kier alpha value is -1.76. The summed E-state index contributed by atoms with van der Waals surface area (Å²) in [6, 6.07) is 1.45. The second-order valence-corrected chi connectivity index (χ2v) is 2.05. The molecule has 4 nitrogen and oxygen atoms in total. The zero-order valence-corrected chi connectivity index (χ0v) is 6.03. The standard InChI is InChI=1S/C7H7N3O/c1-3-6(11)5-4-7(8)10(2)9-5/h1,4H,8H2,2H3. The van der Waals surface area contributed by atoms with Crippen LogP contribution in [-0.4, -0.2) is 15.6 Å². The SMILES string of the molecule is C#CC(=O)c1cc(N)n(C)n1. The summed E-state index contributed by atoms with van der Waals surface area (Å²) in [7, 11) is 1.64. The van der Waals surface area contributed by atoms with E-state index in [1.165, 1.54) is 10.7 Å². The molecule has 0 saturated carbocycles. The number of nitrogen functional groups attached to an aromatic ring is 1. The van der Waals surface area contributed by atoms with Crippen LogP contribution >= 0.6 is 0 Å². The zero-order chi connectivity index (χ0) is 8.43. The molecule has 1 rings (SSSR count). The van der Waals surface area contributed by atoms with Crippen LogP contribution in [0.25, 0.3) is 0 Å². The van der Waals surface area contributed by atoms with E-state index in [9.17, 15) is 4.79 Å². The monoisotopic (exact) mass is 149 g/mol. The van der Waals surface area contributed by atoms with E-state index in [0.717, 1.165) is 0 Å². The lowest BCUT2D eigenvalue weighted by atomic mass is 10.3. The third-order valence-corrected chi connectivity index (χ3v) is 1.28. The molecular formula is C7H7N3O. The van der Waals surface area contributed by atoms with Crippen LogP contribution < -0.4 is 5.73 Å². The highest BCUT2D eigenvalue weighted by atomic mass is 16.1. The molecule has 0 radical (unpaired) electrons. The predicted octanol–water partition coefficient (Wildman–Crippen LogP) is -0.182. The van der Waals surface area contributed by atoms with Crippen LogP contribution in [0.5, 0.6) is 0 Å². The first kappa shape index (κ1) is 7.35. The van der Waals surface area contributed by atoms with Crippen molar-refractivity contribution in [3.63, 3.8) is 0 Å². The van der Waals surface area contributed by atoms with E-state index < -0.39 is 5.78 Å². The Bertz CT molecular complexity index is 312. The van der Waals surface area contributed by atoms with Gasteiger partial charge in [-0.15, -0.1) is 6.42 Å². The largest absolute Gasteiger partial charge is 0.384 e. The van der Waals surface area contributed by atoms with Crippen LogP contribution in [0.4, 0.5) is 5.82 Å². The topological polar surface area (TPSA) is 60.9 Å². The third kappa shape index (κ3) is 1.22. The summed E-state index contributed by atoms with van der Waals surface area (Å²) >= 11 is 0. The third-order valence-electron chi connectivity index (χ3n) is 1.28. The second-order valence-electron chi connectivity index (χ2n) is 2.05. The van der Waals surface area contributed by atoms with Crippen molar-refractivity contribution in [2.24, 2.45) is 7.05 Å². The summed E-state index contributed by atoms with van der Waals surface area (Å²) in [5.41, 5.74) is 5.63. The van der Waals surface area contributed by atoms with E-state index in [-0.39, 0.29) is 5.69 Å². The molecule has 0 saturated heterocycles. The summed E-state index contributed by atoms with van der Waals surface area (Å²) in [5.74, 6) is 1.92. The van der Waals surface area contributed by atoms with Crippen LogP contribution in [0.2, 0.25) is 0 Å². The molecule has 0 spiro atoms. The number of hydrogen-bond acceptors (Lipinski definition) is 3. The number of aryl methyl sites for hydroxylation is 1. The highest BCUT2D eigenvalue weighted by Gasteiger charge is 2.07. The van der Waals surface area contributed by atoms with Crippen molar-refractivity contribution in [2.75, 3.05) is 5.73 Å². The minimum absolute atomic E-state index is 0.215. The fourth-order valence-corrected chi connectivity index (χ4v) is 0.667. The molecule has 0 aromatic carbocycles. The molecule has 0 aliphatic rings. The summed E-state index contributed by atoms with van der Waals surface area (Å²) < 4.78 is 1.39. The molecule has 0 atom stereocenters. The van der Waals surface area contributed by atoms with Gasteiger partial charge in [0.2, 0.25) is 0 Å². The minimum atomic E-state index is -0.447. The number of hydrogen-bond donors (Lipinski definition) is 1. The summed E-state index contributed by atoms with van der Waals surface area (Å²) in [5, 5.41) is 3.78. The quantitative estimate of drug-likeness (QED) is 0.342. The van der Waals surface area contributed by atoms with Crippen LogP contribution in [0.3, 0.4) is 0 Å². The summed E-state index contributed by atoms with van der Waals surface area (Å²) in [4.78, 5) is 10.8. The Balaban J connectivity index is 3.09. The van der Waals surface area contributed by atoms with Gasteiger partial charge in [0.05, 0.1) is 0 Å². The van der Waals surface area contributed by atoms with Gasteiger partial charge in [-0.2, -0.15) is 5.10 Å². The van der Waals surface area contributed by atoms with Gasteiger partial charge in [-0.25, -0.2) is 0 Å². The number of rotatable bonds is 1. The average molecular weight is 149 g/mol. The molecule has 0 bridgehead atoms. The minimum Gasteiger partial charge on any atom is -0.384 e. The van der Waals surface area contributed by atoms with Crippen LogP contribution in [0.15, 0.2) is 6.07 Å². The van der Waals surface area contributed by atoms with Crippen LogP contribution in [0.1, 0.15) is 10.5 Å². The molecule has 0 aliphatic carbocycles. The molecule has 56 valence electrons. The molecule has 0 unspecified atom stereocenters. The lowest BCUT2D eigenvalue weighted by Gasteiger charge is -1.88. The molecule has 1 heterocycles. The maximum atomic E-state index is 10.8. The van der Waals surface area contributed by atoms with E-state index in [1.54, 1.807) is 7.05 Å². The molecule has 0 amide bonds. The molecule has 1 aromatic rings. The van der Waals surface area contributed by atoms with Gasteiger partial charge in [-0.1, -0.05) is 0 Å². The van der Waals surface area contributed by atoms with Crippen molar-refractivity contribution in [1.29, 1.82) is 0 Å². The Labute approximate surface area is 64.0 Å². The first-order valence-corrected chi connectivity index (χ1v) is 2.95. The van der Waals surface area contributed by atoms with Gasteiger partial charge in [-0.3, -0.25) is 9.48 Å². The molecular weight excluding hydrogens is 142 g/mol. The maximum Gasteiger partial charge on any atom is 0.255 e. The summed E-state index contributed by atoms with van der Waals surface area (Å²) in [6.07, 6.45) is 4.87. The number of carbonyl (C=O) groups is 1. The first-order chi connectivity index (χ1) is 5.15.